The first-order valence-electron chi connectivity index (χ1n) is 21.6. The Hall–Kier alpha value is -3.47. The lowest BCUT2D eigenvalue weighted by atomic mass is 10.2. The first-order chi connectivity index (χ1) is 44.9. The van der Waals surface area contributed by atoms with Gasteiger partial charge in [-0.2, -0.15) is 52.7 Å². The van der Waals surface area contributed by atoms with Crippen LogP contribution in [0.5, 0.6) is 0 Å². The van der Waals surface area contributed by atoms with Gasteiger partial charge in [-0.05, 0) is 41.5 Å². The van der Waals surface area contributed by atoms with Crippen LogP contribution in [0, 0.1) is 0 Å². The highest BCUT2D eigenvalue weighted by Crippen LogP contribution is 2.48. The predicted octanol–water partition coefficient (Wildman–Crippen LogP) is 19.8. The number of hydrogen-bond acceptors (Lipinski definition) is 12. The number of ether oxygens (including phenoxy) is 6. The molecule has 3 N–H and O–H groups in total. The Morgan fingerprint density at radius 2 is 0.404 bits per heavy atom. The SMILES string of the molecule is CC(C)(Br)C(=O)OCC(F)(F)OC(F)(F)C(F)(F)OC(F)(F)C(F)(F)OC(F)(F)CO.CC(C)(Br)C(=O)OCCF.CC(C)(Br)C(=O)OCCF.FCF.FCF.FCF.FCF.FCF.FCF.FCF.FCF.FCF.FCF.FCF.FCF.FCF.FCF.OCF.OCF. The molecule has 99 heavy (non-hydrogen) atoms. The van der Waals surface area contributed by atoms with E-state index < -0.39 is 205 Å². The van der Waals surface area contributed by atoms with Crippen molar-refractivity contribution in [1.29, 1.82) is 0 Å². The van der Waals surface area contributed by atoms with E-state index in [0.29, 0.717) is 0 Å². The number of esters is 3. The Labute approximate surface area is 558 Å². The second-order valence-corrected chi connectivity index (χ2v) is 18.1. The minimum atomic E-state index is -7.01. The van der Waals surface area contributed by atoms with Gasteiger partial charge in [0.2, 0.25) is 97.0 Å². The molecule has 0 saturated carbocycles. The summed E-state index contributed by atoms with van der Waals surface area (Å²) >= 11 is 8.75. The molecule has 0 aromatic carbocycles. The van der Waals surface area contributed by atoms with Crippen molar-refractivity contribution < 1.29 is 251 Å². The summed E-state index contributed by atoms with van der Waals surface area (Å²) in [4.78, 5) is 32.8. The average Bonchev–Trinajstić information content (AvgIpc) is 3.43. The number of aliphatic hydroxyl groups excluding tert-OH is 3. The minimum absolute atomic E-state index is 0.159. The average molecular weight is 1810 g/mol. The molecule has 0 radical (unpaired) electrons. The van der Waals surface area contributed by atoms with E-state index in [1.807, 2.05) is 0 Å². The summed E-state index contributed by atoms with van der Waals surface area (Å²) in [5, 5.41) is 21.8. The zero-order valence-corrected chi connectivity index (χ0v) is 55.1. The summed E-state index contributed by atoms with van der Waals surface area (Å²) in [6.07, 6.45) is -38.6. The topological polar surface area (TPSA) is 167 Å². The summed E-state index contributed by atoms with van der Waals surface area (Å²) < 4.78 is 484. The maximum atomic E-state index is 13.3. The van der Waals surface area contributed by atoms with Crippen LogP contribution in [0.15, 0.2) is 0 Å². The molecule has 0 aromatic rings. The quantitative estimate of drug-likeness (QED) is 0.0515. The van der Waals surface area contributed by atoms with Crippen LogP contribution in [0.1, 0.15) is 41.5 Å². The molecule has 0 heterocycles. The zero-order chi connectivity index (χ0) is 85.0. The fraction of sp³-hybridized carbons (Fsp3) is 0.925. The van der Waals surface area contributed by atoms with Crippen molar-refractivity contribution in [3.63, 3.8) is 0 Å². The van der Waals surface area contributed by atoms with Crippen molar-refractivity contribution in [3.05, 3.63) is 0 Å². The maximum absolute atomic E-state index is 13.3. The van der Waals surface area contributed by atoms with Crippen LogP contribution < -0.4 is 0 Å². The molecule has 0 bridgehead atoms. The van der Waals surface area contributed by atoms with Crippen molar-refractivity contribution in [2.45, 2.75) is 91.2 Å². The lowest BCUT2D eigenvalue weighted by Crippen LogP contribution is -2.58. The minimum Gasteiger partial charge on any atom is -0.462 e. The van der Waals surface area contributed by atoms with Crippen molar-refractivity contribution in [3.8, 4) is 0 Å². The largest absolute Gasteiger partial charge is 0.462 e. The molecular weight excluding hydrogens is 1750 g/mol. The Balaban J connectivity index is -0.0000000460. The van der Waals surface area contributed by atoms with E-state index in [1.165, 1.54) is 0 Å². The highest BCUT2D eigenvalue weighted by atomic mass is 79.9. The van der Waals surface area contributed by atoms with Gasteiger partial charge in [-0.3, -0.25) is 14.4 Å². The van der Waals surface area contributed by atoms with Gasteiger partial charge in [-0.15, -0.1) is 0 Å². The van der Waals surface area contributed by atoms with Gasteiger partial charge in [0.05, 0.1) is 0 Å². The molecule has 0 amide bonds. The summed E-state index contributed by atoms with van der Waals surface area (Å²) in [6, 6.07) is 0. The summed E-state index contributed by atoms with van der Waals surface area (Å²) in [5.41, 5.74) is 0. The van der Waals surface area contributed by atoms with Crippen LogP contribution in [0.4, 0.5) is 193 Å². The first-order valence-corrected chi connectivity index (χ1v) is 24.0. The zero-order valence-electron chi connectivity index (χ0n) is 50.3. The number of carbonyl (C=O) groups is 3. The van der Waals surface area contributed by atoms with Crippen molar-refractivity contribution in [1.82, 2.24) is 0 Å². The van der Waals surface area contributed by atoms with Gasteiger partial charge in [0.1, 0.15) is 46.1 Å². The van der Waals surface area contributed by atoms with Gasteiger partial charge in [-0.1, -0.05) is 47.8 Å². The van der Waals surface area contributed by atoms with Crippen LogP contribution in [-0.4, -0.2) is 233 Å². The van der Waals surface area contributed by atoms with Gasteiger partial charge in [-0.25, -0.2) is 155 Å². The van der Waals surface area contributed by atoms with Gasteiger partial charge in [0.15, 0.2) is 20.3 Å². The molecule has 0 aliphatic carbocycles. The number of halogens is 47. The van der Waals surface area contributed by atoms with Crippen molar-refractivity contribution >= 4 is 65.7 Å². The summed E-state index contributed by atoms with van der Waals surface area (Å²) in [6.45, 7) is -25.1. The molecule has 0 atom stereocenters. The Kier molecular flexibility index (Phi) is 159. The normalized spacial score (nSPS) is 9.94. The molecule has 0 aliphatic rings. The fourth-order valence-electron chi connectivity index (χ4n) is 1.76. The third-order valence-corrected chi connectivity index (χ3v) is 5.09. The van der Waals surface area contributed by atoms with E-state index in [9.17, 15) is 208 Å². The molecule has 0 saturated heterocycles. The van der Waals surface area contributed by atoms with E-state index in [2.05, 4.69) is 71.5 Å². The highest BCUT2D eigenvalue weighted by Gasteiger charge is 2.74. The lowest BCUT2D eigenvalue weighted by molar-refractivity contribution is -0.558. The van der Waals surface area contributed by atoms with Crippen LogP contribution in [0.2, 0.25) is 0 Å². The van der Waals surface area contributed by atoms with E-state index in [0.717, 1.165) is 13.8 Å². The second-order valence-electron chi connectivity index (χ2n) is 12.1. The van der Waals surface area contributed by atoms with Gasteiger partial charge in [0, 0.05) is 0 Å². The number of aliphatic hydroxyl groups is 3. The Bertz CT molecular complexity index is 1330. The number of carbonyl (C=O) groups excluding carboxylic acids is 3. The molecule has 0 fully saturated rings. The summed E-state index contributed by atoms with van der Waals surface area (Å²) in [7, 11) is 0. The van der Waals surface area contributed by atoms with Gasteiger partial charge in [0.25, 0.3) is 0 Å². The molecule has 0 aliphatic heterocycles. The van der Waals surface area contributed by atoms with E-state index in [-0.39, 0.29) is 13.2 Å². The summed E-state index contributed by atoms with van der Waals surface area (Å²) in [5.74, 6) is -2.43. The number of alkyl halides is 47. The van der Waals surface area contributed by atoms with E-state index in [4.69, 9.17) is 15.3 Å². The third kappa shape index (κ3) is 177. The predicted molar refractivity (Wildman–Crippen MR) is 269 cm³/mol. The van der Waals surface area contributed by atoms with Crippen LogP contribution >= 0.6 is 47.8 Å². The molecule has 0 aromatic heterocycles. The fourth-order valence-corrected chi connectivity index (χ4v) is 2.11. The third-order valence-electron chi connectivity index (χ3n) is 4.12. The smallest absolute Gasteiger partial charge is 0.453 e. The Morgan fingerprint density at radius 3 is 0.535 bits per heavy atom. The van der Waals surface area contributed by atoms with Crippen LogP contribution in [0.25, 0.3) is 0 Å². The molecule has 59 heteroatoms. The lowest BCUT2D eigenvalue weighted by Gasteiger charge is -2.34. The first kappa shape index (κ1) is 146. The highest BCUT2D eigenvalue weighted by molar-refractivity contribution is 9.10. The standard InChI is InChI=1S/C12H11BrF12O6.2C6H10BrFO2.14CH2F2.2CH3FO/c1-6(2,13)5(27)28-4-8(16,17)30-10(20,21)12(24,25)31-11(22,23)9(18,19)29-7(14,15)3-26;2*1-6(2,7)5(9)10-4-3-8;16*2-1-3/h26H,3-4H2,1-2H3;2*3-4H2,1-2H3;14*1H2;2*3H,1H2. The van der Waals surface area contributed by atoms with Crippen molar-refractivity contribution in [2.75, 3.05) is 150 Å². The van der Waals surface area contributed by atoms with Gasteiger partial charge >= 0.3 is 54.6 Å². The molecule has 0 spiro atoms. The second kappa shape index (κ2) is 108. The molecule has 626 valence electrons. The van der Waals surface area contributed by atoms with E-state index >= 15 is 0 Å². The van der Waals surface area contributed by atoms with Crippen LogP contribution in [-0.2, 0) is 42.8 Å². The van der Waals surface area contributed by atoms with E-state index in [1.54, 1.807) is 32.4 Å². The Morgan fingerprint density at radius 1 is 0.273 bits per heavy atom. The number of hydrogen-bond donors (Lipinski definition) is 3. The monoisotopic (exact) mass is 1810 g/mol. The number of rotatable bonds is 18. The molecule has 0 rings (SSSR count). The molecule has 0 unspecified atom stereocenters. The molecule has 12 nitrogen and oxygen atoms in total. The van der Waals surface area contributed by atoms with Crippen molar-refractivity contribution in [2.24, 2.45) is 0 Å². The van der Waals surface area contributed by atoms with Crippen LogP contribution in [0.3, 0.4) is 0 Å². The maximum Gasteiger partial charge on any atom is 0.453 e. The van der Waals surface area contributed by atoms with Gasteiger partial charge < -0.3 is 29.5 Å². The molecular formula is C40H65Br3F44O12.